The van der Waals surface area contributed by atoms with Crippen LogP contribution >= 0.6 is 0 Å². The molecule has 4 unspecified atom stereocenters. The summed E-state index contributed by atoms with van der Waals surface area (Å²) in [4.78, 5) is 0. The molecular weight excluding hydrogens is 246 g/mol. The molecule has 1 fully saturated rings. The lowest BCUT2D eigenvalue weighted by Crippen LogP contribution is -2.41. The molecule has 2 nitrogen and oxygen atoms in total. The molecule has 1 saturated carbocycles. The van der Waals surface area contributed by atoms with E-state index in [1.807, 2.05) is 0 Å². The maximum absolute atomic E-state index is 5.52. The Morgan fingerprint density at radius 2 is 2.00 bits per heavy atom. The van der Waals surface area contributed by atoms with Crippen molar-refractivity contribution in [3.8, 4) is 5.75 Å². The van der Waals surface area contributed by atoms with Gasteiger partial charge in [0.15, 0.2) is 0 Å². The molecule has 0 saturated heterocycles. The van der Waals surface area contributed by atoms with Gasteiger partial charge in [0, 0.05) is 17.6 Å². The Balaban J connectivity index is 2.11. The third-order valence-corrected chi connectivity index (χ3v) is 5.02. The Labute approximate surface area is 123 Å². The lowest BCUT2D eigenvalue weighted by molar-refractivity contribution is 0.195. The molecule has 1 N–H and O–H groups in total. The predicted octanol–water partition coefficient (Wildman–Crippen LogP) is 4.48. The van der Waals surface area contributed by atoms with Gasteiger partial charge in [0.1, 0.15) is 5.75 Å². The summed E-state index contributed by atoms with van der Waals surface area (Å²) >= 11 is 0. The molecule has 0 spiro atoms. The second-order valence-electron chi connectivity index (χ2n) is 6.51. The van der Waals surface area contributed by atoms with Gasteiger partial charge in [0.2, 0.25) is 0 Å². The molecule has 0 bridgehead atoms. The van der Waals surface area contributed by atoms with E-state index in [-0.39, 0.29) is 0 Å². The van der Waals surface area contributed by atoms with E-state index in [1.54, 1.807) is 7.11 Å². The minimum Gasteiger partial charge on any atom is -0.496 e. The first-order chi connectivity index (χ1) is 9.52. The van der Waals surface area contributed by atoms with Gasteiger partial charge >= 0.3 is 0 Å². The Morgan fingerprint density at radius 1 is 1.25 bits per heavy atom. The summed E-state index contributed by atoms with van der Waals surface area (Å²) in [5, 5.41) is 3.84. The number of aryl methyl sites for hydroxylation is 1. The van der Waals surface area contributed by atoms with Crippen molar-refractivity contribution in [1.29, 1.82) is 0 Å². The van der Waals surface area contributed by atoms with Crippen molar-refractivity contribution in [1.82, 2.24) is 5.32 Å². The lowest BCUT2D eigenvalue weighted by Gasteiger charge is -2.36. The van der Waals surface area contributed by atoms with Crippen LogP contribution in [0.3, 0.4) is 0 Å². The van der Waals surface area contributed by atoms with Crippen molar-refractivity contribution < 1.29 is 4.74 Å². The summed E-state index contributed by atoms with van der Waals surface area (Å²) < 4.78 is 5.52. The van der Waals surface area contributed by atoms with Crippen LogP contribution < -0.4 is 10.1 Å². The number of rotatable bonds is 4. The maximum atomic E-state index is 5.52. The second kappa shape index (κ2) is 6.62. The van der Waals surface area contributed by atoms with Crippen LogP contribution in [0.5, 0.6) is 5.75 Å². The van der Waals surface area contributed by atoms with Crippen LogP contribution in [0.4, 0.5) is 0 Å². The van der Waals surface area contributed by atoms with Gasteiger partial charge in [-0.2, -0.15) is 0 Å². The number of benzene rings is 1. The summed E-state index contributed by atoms with van der Waals surface area (Å²) in [6.45, 7) is 9.17. The Bertz CT molecular complexity index is 443. The molecule has 2 rings (SSSR count). The second-order valence-corrected chi connectivity index (χ2v) is 6.51. The number of methoxy groups -OCH3 is 1. The van der Waals surface area contributed by atoms with Crippen LogP contribution in [-0.2, 0) is 0 Å². The van der Waals surface area contributed by atoms with Crippen LogP contribution in [0.15, 0.2) is 18.2 Å². The van der Waals surface area contributed by atoms with Gasteiger partial charge in [-0.3, -0.25) is 0 Å². The molecule has 0 amide bonds. The normalized spacial score (nSPS) is 28.1. The topological polar surface area (TPSA) is 21.3 Å². The quantitative estimate of drug-likeness (QED) is 0.875. The summed E-state index contributed by atoms with van der Waals surface area (Å²) in [7, 11) is 1.76. The van der Waals surface area contributed by atoms with Gasteiger partial charge in [-0.05, 0) is 38.2 Å². The van der Waals surface area contributed by atoms with Crippen LogP contribution in [0.25, 0.3) is 0 Å². The SMILES string of the molecule is COc1ccc(C)cc1C(C)NC1CCCC(C)C1C. The molecule has 1 aliphatic rings. The Morgan fingerprint density at radius 3 is 2.70 bits per heavy atom. The van der Waals surface area contributed by atoms with Crippen LogP contribution in [-0.4, -0.2) is 13.2 Å². The highest BCUT2D eigenvalue weighted by Gasteiger charge is 2.28. The fourth-order valence-electron chi connectivity index (χ4n) is 3.42. The number of hydrogen-bond acceptors (Lipinski definition) is 2. The summed E-state index contributed by atoms with van der Waals surface area (Å²) in [6, 6.07) is 7.39. The summed E-state index contributed by atoms with van der Waals surface area (Å²) in [6.07, 6.45) is 4.02. The molecule has 0 aliphatic heterocycles. The van der Waals surface area contributed by atoms with Crippen molar-refractivity contribution in [2.75, 3.05) is 7.11 Å². The molecule has 1 aromatic rings. The van der Waals surface area contributed by atoms with Crippen molar-refractivity contribution in [3.63, 3.8) is 0 Å². The third kappa shape index (κ3) is 3.35. The summed E-state index contributed by atoms with van der Waals surface area (Å²) in [5.74, 6) is 2.57. The van der Waals surface area contributed by atoms with E-state index in [0.717, 1.165) is 17.6 Å². The zero-order valence-electron chi connectivity index (χ0n) is 13.6. The van der Waals surface area contributed by atoms with Crippen LogP contribution in [0, 0.1) is 18.8 Å². The van der Waals surface area contributed by atoms with Gasteiger partial charge in [-0.1, -0.05) is 44.4 Å². The van der Waals surface area contributed by atoms with E-state index in [9.17, 15) is 0 Å². The first kappa shape index (κ1) is 15.4. The molecule has 0 aromatic heterocycles. The monoisotopic (exact) mass is 275 g/mol. The molecule has 1 aromatic carbocycles. The molecular formula is C18H29NO. The molecule has 20 heavy (non-hydrogen) atoms. The number of ether oxygens (including phenoxy) is 1. The number of hydrogen-bond donors (Lipinski definition) is 1. The molecule has 4 atom stereocenters. The van der Waals surface area contributed by atoms with Gasteiger partial charge < -0.3 is 10.1 Å². The molecule has 0 heterocycles. The van der Waals surface area contributed by atoms with Gasteiger partial charge in [-0.25, -0.2) is 0 Å². The molecule has 112 valence electrons. The van der Waals surface area contributed by atoms with Crippen molar-refractivity contribution in [2.45, 2.75) is 59.0 Å². The zero-order valence-corrected chi connectivity index (χ0v) is 13.6. The minimum absolute atomic E-state index is 0.336. The Kier molecular flexibility index (Phi) is 5.09. The molecule has 1 aliphatic carbocycles. The van der Waals surface area contributed by atoms with Crippen molar-refractivity contribution in [2.24, 2.45) is 11.8 Å². The van der Waals surface area contributed by atoms with Crippen LogP contribution in [0.1, 0.15) is 57.2 Å². The largest absolute Gasteiger partial charge is 0.496 e. The predicted molar refractivity (Wildman–Crippen MR) is 85.2 cm³/mol. The minimum atomic E-state index is 0.336. The van der Waals surface area contributed by atoms with Gasteiger partial charge in [0.25, 0.3) is 0 Å². The van der Waals surface area contributed by atoms with E-state index >= 15 is 0 Å². The lowest BCUT2D eigenvalue weighted by atomic mass is 9.77. The maximum Gasteiger partial charge on any atom is 0.123 e. The van der Waals surface area contributed by atoms with E-state index in [4.69, 9.17) is 4.74 Å². The van der Waals surface area contributed by atoms with E-state index in [1.165, 1.54) is 30.4 Å². The average Bonchev–Trinajstić information content (AvgIpc) is 2.43. The molecule has 2 heteroatoms. The highest BCUT2D eigenvalue weighted by atomic mass is 16.5. The number of nitrogens with one attached hydrogen (secondary N) is 1. The zero-order chi connectivity index (χ0) is 14.7. The summed E-state index contributed by atoms with van der Waals surface area (Å²) in [5.41, 5.74) is 2.57. The fourth-order valence-corrected chi connectivity index (χ4v) is 3.42. The van der Waals surface area contributed by atoms with Gasteiger partial charge in [0.05, 0.1) is 7.11 Å². The first-order valence-electron chi connectivity index (χ1n) is 7.93. The fraction of sp³-hybridized carbons (Fsp3) is 0.667. The smallest absolute Gasteiger partial charge is 0.123 e. The highest BCUT2D eigenvalue weighted by Crippen LogP contribution is 2.32. The van der Waals surface area contributed by atoms with E-state index < -0.39 is 0 Å². The van der Waals surface area contributed by atoms with E-state index in [0.29, 0.717) is 12.1 Å². The Hall–Kier alpha value is -1.02. The molecule has 0 radical (unpaired) electrons. The van der Waals surface area contributed by atoms with Crippen molar-refractivity contribution in [3.05, 3.63) is 29.3 Å². The standard InChI is InChI=1S/C18H29NO/c1-12-9-10-18(20-5)16(11-12)15(4)19-17-8-6-7-13(2)14(17)3/h9-11,13-15,17,19H,6-8H2,1-5H3. The highest BCUT2D eigenvalue weighted by molar-refractivity contribution is 5.38. The average molecular weight is 275 g/mol. The third-order valence-electron chi connectivity index (χ3n) is 5.02. The van der Waals surface area contributed by atoms with Crippen LogP contribution in [0.2, 0.25) is 0 Å². The van der Waals surface area contributed by atoms with E-state index in [2.05, 4.69) is 51.2 Å². The first-order valence-corrected chi connectivity index (χ1v) is 7.93. The van der Waals surface area contributed by atoms with Gasteiger partial charge in [-0.15, -0.1) is 0 Å². The van der Waals surface area contributed by atoms with Crippen molar-refractivity contribution >= 4 is 0 Å².